The first-order valence-corrected chi connectivity index (χ1v) is 15.0. The fourth-order valence-corrected chi connectivity index (χ4v) is 6.51. The van der Waals surface area contributed by atoms with Crippen LogP contribution in [0.3, 0.4) is 0 Å². The van der Waals surface area contributed by atoms with E-state index in [9.17, 15) is 9.59 Å². The lowest BCUT2D eigenvalue weighted by Crippen LogP contribution is -2.55. The number of nitrogens with zero attached hydrogens (tertiary/aromatic N) is 4. The highest BCUT2D eigenvalue weighted by Crippen LogP contribution is 2.38. The van der Waals surface area contributed by atoms with Gasteiger partial charge in [-0.15, -0.1) is 11.3 Å². The summed E-state index contributed by atoms with van der Waals surface area (Å²) in [5.74, 6) is 0.298. The third-order valence-electron chi connectivity index (χ3n) is 6.99. The molecule has 190 valence electrons. The van der Waals surface area contributed by atoms with Crippen LogP contribution in [0.2, 0.25) is 5.02 Å². The molecule has 1 unspecified atom stereocenters. The maximum atomic E-state index is 13.4. The predicted octanol–water partition coefficient (Wildman–Crippen LogP) is 5.73. The van der Waals surface area contributed by atoms with Crippen LogP contribution >= 0.6 is 45.5 Å². The Kier molecular flexibility index (Phi) is 7.97. The molecule has 0 N–H and O–H groups in total. The SMILES string of the molecule is C[C@@H]1CN(C(=O)c2ccc3c(Cl)c4c(nc3c2)CC(c2nccs2)CC4)CCN1C(=O)OCCCI. The lowest BCUT2D eigenvalue weighted by atomic mass is 9.86. The lowest BCUT2D eigenvalue weighted by Gasteiger charge is -2.39. The maximum Gasteiger partial charge on any atom is 0.410 e. The maximum absolute atomic E-state index is 13.4. The number of rotatable bonds is 5. The number of piperazine rings is 1. The van der Waals surface area contributed by atoms with Crippen molar-refractivity contribution >= 4 is 68.4 Å². The highest BCUT2D eigenvalue weighted by atomic mass is 127. The first kappa shape index (κ1) is 25.7. The van der Waals surface area contributed by atoms with Gasteiger partial charge in [0, 0.05) is 64.2 Å². The molecule has 5 rings (SSSR count). The fraction of sp³-hybridized carbons (Fsp3) is 0.462. The van der Waals surface area contributed by atoms with Crippen LogP contribution in [-0.2, 0) is 17.6 Å². The van der Waals surface area contributed by atoms with Crippen LogP contribution in [0.25, 0.3) is 10.9 Å². The average molecular weight is 639 g/mol. The van der Waals surface area contributed by atoms with Crippen LogP contribution in [0.5, 0.6) is 0 Å². The molecule has 3 heterocycles. The summed E-state index contributed by atoms with van der Waals surface area (Å²) in [6.07, 6.45) is 5.09. The second-order valence-corrected chi connectivity index (χ2v) is 11.7. The van der Waals surface area contributed by atoms with Gasteiger partial charge in [0.1, 0.15) is 0 Å². The number of benzene rings is 1. The van der Waals surface area contributed by atoms with Crippen molar-refractivity contribution in [1.29, 1.82) is 0 Å². The van der Waals surface area contributed by atoms with Gasteiger partial charge < -0.3 is 14.5 Å². The number of fused-ring (bicyclic) bond motifs is 2. The minimum absolute atomic E-state index is 0.0574. The lowest BCUT2D eigenvalue weighted by molar-refractivity contribution is 0.0413. The molecule has 1 aliphatic heterocycles. The van der Waals surface area contributed by atoms with Crippen LogP contribution in [0, 0.1) is 0 Å². The molecule has 2 aromatic heterocycles. The van der Waals surface area contributed by atoms with E-state index in [0.717, 1.165) is 62.3 Å². The Bertz CT molecular complexity index is 1270. The summed E-state index contributed by atoms with van der Waals surface area (Å²) in [5, 5.41) is 4.78. The molecule has 10 heteroatoms. The Hall–Kier alpha value is -1.98. The summed E-state index contributed by atoms with van der Waals surface area (Å²) in [5.41, 5.74) is 3.46. The molecule has 1 aromatic carbocycles. The molecule has 2 aliphatic rings. The molecule has 0 radical (unpaired) electrons. The Labute approximate surface area is 233 Å². The Balaban J connectivity index is 1.32. The van der Waals surface area contributed by atoms with Gasteiger partial charge in [-0.1, -0.05) is 40.3 Å². The number of hydrogen-bond donors (Lipinski definition) is 0. The number of amides is 2. The Morgan fingerprint density at radius 2 is 2.17 bits per heavy atom. The van der Waals surface area contributed by atoms with Gasteiger partial charge in [-0.25, -0.2) is 9.78 Å². The van der Waals surface area contributed by atoms with E-state index in [1.165, 1.54) is 0 Å². The van der Waals surface area contributed by atoms with Gasteiger partial charge in [-0.3, -0.25) is 9.78 Å². The molecule has 2 amide bonds. The third-order valence-corrected chi connectivity index (χ3v) is 9.12. The van der Waals surface area contributed by atoms with Gasteiger partial charge in [0.25, 0.3) is 5.91 Å². The number of hydrogen-bond acceptors (Lipinski definition) is 6. The van der Waals surface area contributed by atoms with Crippen molar-refractivity contribution in [2.75, 3.05) is 30.7 Å². The molecular formula is C26H28ClIN4O3S. The van der Waals surface area contributed by atoms with Crippen LogP contribution in [0.15, 0.2) is 29.8 Å². The topological polar surface area (TPSA) is 75.6 Å². The molecule has 7 nitrogen and oxygen atoms in total. The molecule has 0 bridgehead atoms. The van der Waals surface area contributed by atoms with Crippen molar-refractivity contribution in [1.82, 2.24) is 19.8 Å². The molecule has 1 saturated heterocycles. The van der Waals surface area contributed by atoms with Crippen molar-refractivity contribution in [3.63, 3.8) is 0 Å². The third kappa shape index (κ3) is 5.19. The smallest absolute Gasteiger partial charge is 0.410 e. The molecule has 2 atom stereocenters. The number of pyridine rings is 1. The summed E-state index contributed by atoms with van der Waals surface area (Å²) in [6, 6.07) is 5.49. The minimum atomic E-state index is -0.301. The minimum Gasteiger partial charge on any atom is -0.449 e. The molecule has 0 spiro atoms. The Morgan fingerprint density at radius 1 is 1.31 bits per heavy atom. The highest BCUT2D eigenvalue weighted by Gasteiger charge is 2.31. The number of halogens is 2. The molecule has 36 heavy (non-hydrogen) atoms. The first-order valence-electron chi connectivity index (χ1n) is 12.2. The largest absolute Gasteiger partial charge is 0.449 e. The van der Waals surface area contributed by atoms with Crippen molar-refractivity contribution < 1.29 is 14.3 Å². The van der Waals surface area contributed by atoms with E-state index in [0.29, 0.717) is 37.7 Å². The van der Waals surface area contributed by atoms with E-state index < -0.39 is 0 Å². The molecule has 3 aromatic rings. The number of ether oxygens (including phenoxy) is 1. The number of carbonyl (C=O) groups is 2. The fourth-order valence-electron chi connectivity index (χ4n) is 5.06. The van der Waals surface area contributed by atoms with E-state index in [4.69, 9.17) is 21.3 Å². The van der Waals surface area contributed by atoms with E-state index in [1.54, 1.807) is 21.1 Å². The standard InChI is InChI=1S/C26H28ClIN4O3S/c1-16-15-31(9-10-32(16)26(34)35-11-2-7-28)25(33)18-4-6-20-22(14-18)30-21-13-17(24-29-8-12-36-24)3-5-19(21)23(20)27/h4,6,8,12,14,16-17H,2-3,5,7,9-11,13,15H2,1H3/t16-,17?/m1/s1. The van der Waals surface area contributed by atoms with Crippen molar-refractivity contribution in [3.8, 4) is 0 Å². The summed E-state index contributed by atoms with van der Waals surface area (Å²) in [6.45, 7) is 3.77. The van der Waals surface area contributed by atoms with E-state index in [2.05, 4.69) is 27.6 Å². The number of carbonyl (C=O) groups excluding carboxylic acids is 2. The van der Waals surface area contributed by atoms with Crippen molar-refractivity contribution in [2.24, 2.45) is 0 Å². The van der Waals surface area contributed by atoms with Gasteiger partial charge >= 0.3 is 6.09 Å². The van der Waals surface area contributed by atoms with E-state index in [1.807, 2.05) is 36.7 Å². The van der Waals surface area contributed by atoms with Crippen molar-refractivity contribution in [2.45, 2.75) is 44.6 Å². The Morgan fingerprint density at radius 3 is 2.92 bits per heavy atom. The van der Waals surface area contributed by atoms with E-state index in [-0.39, 0.29) is 18.0 Å². The van der Waals surface area contributed by atoms with Gasteiger partial charge in [-0.05, 0) is 50.3 Å². The number of thiazole rings is 1. The van der Waals surface area contributed by atoms with Crippen LogP contribution < -0.4 is 0 Å². The van der Waals surface area contributed by atoms with Gasteiger partial charge in [-0.2, -0.15) is 0 Å². The van der Waals surface area contributed by atoms with Gasteiger partial charge in [0.2, 0.25) is 0 Å². The second-order valence-electron chi connectivity index (χ2n) is 9.34. The average Bonchev–Trinajstić information content (AvgIpc) is 3.43. The normalized spacial score (nSPS) is 19.9. The van der Waals surface area contributed by atoms with Gasteiger partial charge in [0.05, 0.1) is 22.2 Å². The summed E-state index contributed by atoms with van der Waals surface area (Å²) < 4.78 is 6.31. The summed E-state index contributed by atoms with van der Waals surface area (Å²) in [4.78, 5) is 38.8. The van der Waals surface area contributed by atoms with Crippen LogP contribution in [0.1, 0.15) is 52.3 Å². The quantitative estimate of drug-likeness (QED) is 0.203. The summed E-state index contributed by atoms with van der Waals surface area (Å²) in [7, 11) is 0. The molecule has 1 fully saturated rings. The number of alkyl halides is 1. The second kappa shape index (κ2) is 11.2. The van der Waals surface area contributed by atoms with Crippen molar-refractivity contribution in [3.05, 3.63) is 56.6 Å². The zero-order valence-electron chi connectivity index (χ0n) is 20.1. The van der Waals surface area contributed by atoms with Crippen LogP contribution in [-0.4, -0.2) is 68.5 Å². The first-order chi connectivity index (χ1) is 17.5. The van der Waals surface area contributed by atoms with E-state index >= 15 is 0 Å². The highest BCUT2D eigenvalue weighted by molar-refractivity contribution is 14.1. The molecule has 1 aliphatic carbocycles. The molecule has 0 saturated carbocycles. The molecular weight excluding hydrogens is 611 g/mol. The van der Waals surface area contributed by atoms with Crippen LogP contribution in [0.4, 0.5) is 4.79 Å². The summed E-state index contributed by atoms with van der Waals surface area (Å²) >= 11 is 10.8. The number of aromatic nitrogens is 2. The zero-order valence-corrected chi connectivity index (χ0v) is 23.8. The zero-order chi connectivity index (χ0) is 25.2. The van der Waals surface area contributed by atoms with Gasteiger partial charge in [0.15, 0.2) is 0 Å². The predicted molar refractivity (Wildman–Crippen MR) is 151 cm³/mol. The monoisotopic (exact) mass is 638 g/mol.